The zero-order valence-electron chi connectivity index (χ0n) is 14.7. The first-order chi connectivity index (χ1) is 11.9. The Hall–Kier alpha value is -1.10. The molecule has 0 spiro atoms. The van der Waals surface area contributed by atoms with Gasteiger partial charge in [0.2, 0.25) is 0 Å². The molecule has 0 aromatic heterocycles. The van der Waals surface area contributed by atoms with Gasteiger partial charge in [-0.3, -0.25) is 4.90 Å². The van der Waals surface area contributed by atoms with Crippen LogP contribution >= 0.6 is 24.0 Å². The molecule has 1 fully saturated rings. The Balaban J connectivity index is 0.00000338. The third-order valence-corrected chi connectivity index (χ3v) is 3.98. The van der Waals surface area contributed by atoms with Crippen LogP contribution < -0.4 is 10.6 Å². The summed E-state index contributed by atoms with van der Waals surface area (Å²) in [6, 6.07) is 6.24. The molecule has 1 aromatic rings. The summed E-state index contributed by atoms with van der Waals surface area (Å²) in [5.41, 5.74) is 0.759. The quantitative estimate of drug-likeness (QED) is 0.279. The van der Waals surface area contributed by atoms with Crippen LogP contribution in [-0.2, 0) is 6.54 Å². The van der Waals surface area contributed by atoms with E-state index < -0.39 is 12.7 Å². The van der Waals surface area contributed by atoms with Crippen molar-refractivity contribution in [3.63, 3.8) is 0 Å². The fraction of sp³-hybridized carbons (Fsp3) is 0.588. The fourth-order valence-electron chi connectivity index (χ4n) is 2.87. The Morgan fingerprint density at radius 2 is 2.08 bits per heavy atom. The van der Waals surface area contributed by atoms with Crippen LogP contribution in [0.4, 0.5) is 17.6 Å². The van der Waals surface area contributed by atoms with E-state index in [1.807, 2.05) is 6.92 Å². The number of halogens is 5. The van der Waals surface area contributed by atoms with Crippen molar-refractivity contribution in [2.45, 2.75) is 26.1 Å². The number of nitrogens with zero attached hydrogens (tertiary/aromatic N) is 2. The maximum atomic E-state index is 13.2. The molecule has 26 heavy (non-hydrogen) atoms. The van der Waals surface area contributed by atoms with Gasteiger partial charge >= 0.3 is 6.18 Å². The lowest BCUT2D eigenvalue weighted by Gasteiger charge is -2.18. The lowest BCUT2D eigenvalue weighted by atomic mass is 10.1. The largest absolute Gasteiger partial charge is 0.401 e. The molecule has 0 radical (unpaired) electrons. The number of hydrogen-bond acceptors (Lipinski definition) is 2. The van der Waals surface area contributed by atoms with Gasteiger partial charge in [-0.15, -0.1) is 24.0 Å². The van der Waals surface area contributed by atoms with Gasteiger partial charge in [0.15, 0.2) is 5.96 Å². The third-order valence-electron chi connectivity index (χ3n) is 3.98. The minimum absolute atomic E-state index is 0. The molecule has 1 aliphatic heterocycles. The van der Waals surface area contributed by atoms with E-state index in [1.165, 1.54) is 17.0 Å². The zero-order chi connectivity index (χ0) is 18.3. The van der Waals surface area contributed by atoms with Crippen molar-refractivity contribution in [2.75, 3.05) is 32.7 Å². The summed E-state index contributed by atoms with van der Waals surface area (Å²) in [7, 11) is 0. The number of nitrogens with one attached hydrogen (secondary N) is 2. The summed E-state index contributed by atoms with van der Waals surface area (Å²) in [6.45, 7) is 3.52. The molecule has 1 saturated heterocycles. The van der Waals surface area contributed by atoms with Crippen LogP contribution in [0, 0.1) is 11.7 Å². The van der Waals surface area contributed by atoms with Crippen molar-refractivity contribution in [3.8, 4) is 0 Å². The van der Waals surface area contributed by atoms with Gasteiger partial charge in [-0.2, -0.15) is 13.2 Å². The SMILES string of the molecule is CCNC(=NCc1cccc(F)c1)NCC1CCN(CC(F)(F)F)C1.I. The number of aliphatic imine (C=N–C) groups is 1. The number of benzene rings is 1. The van der Waals surface area contributed by atoms with E-state index in [1.54, 1.807) is 12.1 Å². The number of alkyl halides is 3. The second kappa shape index (κ2) is 10.9. The lowest BCUT2D eigenvalue weighted by molar-refractivity contribution is -0.143. The second-order valence-corrected chi connectivity index (χ2v) is 6.21. The Morgan fingerprint density at radius 1 is 1.31 bits per heavy atom. The minimum Gasteiger partial charge on any atom is -0.357 e. The molecule has 4 nitrogen and oxygen atoms in total. The summed E-state index contributed by atoms with van der Waals surface area (Å²) in [5, 5.41) is 6.26. The minimum atomic E-state index is -4.15. The van der Waals surface area contributed by atoms with E-state index in [-0.39, 0.29) is 35.7 Å². The maximum absolute atomic E-state index is 13.2. The summed E-state index contributed by atoms with van der Waals surface area (Å²) < 4.78 is 50.5. The van der Waals surface area contributed by atoms with Gasteiger partial charge in [-0.1, -0.05) is 12.1 Å². The van der Waals surface area contributed by atoms with Crippen LogP contribution in [0.2, 0.25) is 0 Å². The van der Waals surface area contributed by atoms with Gasteiger partial charge < -0.3 is 10.6 Å². The predicted octanol–water partition coefficient (Wildman–Crippen LogP) is 3.38. The number of hydrogen-bond donors (Lipinski definition) is 2. The van der Waals surface area contributed by atoms with E-state index in [0.29, 0.717) is 38.7 Å². The van der Waals surface area contributed by atoms with Crippen LogP contribution in [0.1, 0.15) is 18.9 Å². The standard InChI is InChI=1S/C17H24F4N4.HI/c1-2-22-16(23-9-13-4-3-5-15(18)8-13)24-10-14-6-7-25(11-14)12-17(19,20)21;/h3-5,8,14H,2,6-7,9-12H2,1H3,(H2,22,23,24);1H. The summed E-state index contributed by atoms with van der Waals surface area (Å²) in [6.07, 6.45) is -3.42. The Bertz CT molecular complexity index is 580. The van der Waals surface area contributed by atoms with E-state index in [0.717, 1.165) is 12.0 Å². The van der Waals surface area contributed by atoms with Crippen molar-refractivity contribution in [1.29, 1.82) is 0 Å². The molecule has 9 heteroatoms. The van der Waals surface area contributed by atoms with Crippen molar-refractivity contribution < 1.29 is 17.6 Å². The molecule has 1 aliphatic rings. The first-order valence-corrected chi connectivity index (χ1v) is 8.41. The molecular weight excluding hydrogens is 463 g/mol. The summed E-state index contributed by atoms with van der Waals surface area (Å²) in [5.74, 6) is 0.433. The molecule has 1 unspecified atom stereocenters. The van der Waals surface area contributed by atoms with E-state index >= 15 is 0 Å². The Morgan fingerprint density at radius 3 is 2.73 bits per heavy atom. The smallest absolute Gasteiger partial charge is 0.357 e. The summed E-state index contributed by atoms with van der Waals surface area (Å²) >= 11 is 0. The van der Waals surface area contributed by atoms with Crippen LogP contribution in [0.5, 0.6) is 0 Å². The molecule has 2 N–H and O–H groups in total. The van der Waals surface area contributed by atoms with Crippen molar-refractivity contribution in [2.24, 2.45) is 10.9 Å². The van der Waals surface area contributed by atoms with Gasteiger partial charge in [0.1, 0.15) is 5.82 Å². The van der Waals surface area contributed by atoms with Gasteiger partial charge in [0.25, 0.3) is 0 Å². The summed E-state index contributed by atoms with van der Waals surface area (Å²) in [4.78, 5) is 5.83. The first-order valence-electron chi connectivity index (χ1n) is 8.41. The predicted molar refractivity (Wildman–Crippen MR) is 105 cm³/mol. The highest BCUT2D eigenvalue weighted by molar-refractivity contribution is 14.0. The molecule has 148 valence electrons. The highest BCUT2D eigenvalue weighted by atomic mass is 127. The molecule has 0 aliphatic carbocycles. The van der Waals surface area contributed by atoms with E-state index in [9.17, 15) is 17.6 Å². The molecule has 0 bridgehead atoms. The number of rotatable bonds is 6. The average Bonchev–Trinajstić information content (AvgIpc) is 2.95. The third kappa shape index (κ3) is 8.52. The van der Waals surface area contributed by atoms with Crippen molar-refractivity contribution in [3.05, 3.63) is 35.6 Å². The Kier molecular flexibility index (Phi) is 9.62. The van der Waals surface area contributed by atoms with E-state index in [2.05, 4.69) is 15.6 Å². The molecule has 1 aromatic carbocycles. The first kappa shape index (κ1) is 22.9. The van der Waals surface area contributed by atoms with Crippen LogP contribution in [0.3, 0.4) is 0 Å². The number of likely N-dealkylation sites (tertiary alicyclic amines) is 1. The van der Waals surface area contributed by atoms with Crippen LogP contribution in [-0.4, -0.2) is 49.8 Å². The maximum Gasteiger partial charge on any atom is 0.401 e. The Labute approximate surface area is 168 Å². The molecule has 2 rings (SSSR count). The van der Waals surface area contributed by atoms with Gasteiger partial charge in [0.05, 0.1) is 13.1 Å². The van der Waals surface area contributed by atoms with Gasteiger partial charge in [-0.05, 0) is 43.5 Å². The molecule has 0 saturated carbocycles. The zero-order valence-corrected chi connectivity index (χ0v) is 17.0. The monoisotopic (exact) mass is 488 g/mol. The lowest BCUT2D eigenvalue weighted by Crippen LogP contribution is -2.40. The van der Waals surface area contributed by atoms with Crippen molar-refractivity contribution in [1.82, 2.24) is 15.5 Å². The molecule has 1 heterocycles. The topological polar surface area (TPSA) is 39.7 Å². The normalized spacial score (nSPS) is 18.5. The van der Waals surface area contributed by atoms with E-state index in [4.69, 9.17) is 0 Å². The highest BCUT2D eigenvalue weighted by Crippen LogP contribution is 2.22. The fourth-order valence-corrected chi connectivity index (χ4v) is 2.87. The van der Waals surface area contributed by atoms with Gasteiger partial charge in [-0.25, -0.2) is 9.38 Å². The number of guanidine groups is 1. The highest BCUT2D eigenvalue weighted by Gasteiger charge is 2.34. The molecule has 1 atom stereocenters. The van der Waals surface area contributed by atoms with Gasteiger partial charge in [0, 0.05) is 19.6 Å². The average molecular weight is 488 g/mol. The molecule has 0 amide bonds. The van der Waals surface area contributed by atoms with Crippen molar-refractivity contribution >= 4 is 29.9 Å². The van der Waals surface area contributed by atoms with Crippen LogP contribution in [0.25, 0.3) is 0 Å². The second-order valence-electron chi connectivity index (χ2n) is 6.21. The molecular formula is C17H25F4IN4. The van der Waals surface area contributed by atoms with Crippen LogP contribution in [0.15, 0.2) is 29.3 Å².